The molecule has 1 aliphatic heterocycles. The lowest BCUT2D eigenvalue weighted by molar-refractivity contribution is -0.162. The van der Waals surface area contributed by atoms with Crippen LogP contribution in [0.4, 0.5) is 0 Å². The van der Waals surface area contributed by atoms with Crippen LogP contribution in [0.1, 0.15) is 63.1 Å². The predicted molar refractivity (Wildman–Crippen MR) is 142 cm³/mol. The van der Waals surface area contributed by atoms with E-state index in [1.54, 1.807) is 18.2 Å². The van der Waals surface area contributed by atoms with Gasteiger partial charge in [0.2, 0.25) is 0 Å². The maximum absolute atomic E-state index is 13.6. The number of benzene rings is 4. The van der Waals surface area contributed by atoms with E-state index < -0.39 is 0 Å². The maximum atomic E-state index is 13.6. The van der Waals surface area contributed by atoms with Crippen LogP contribution in [0.2, 0.25) is 0 Å². The molecule has 6 rings (SSSR count). The summed E-state index contributed by atoms with van der Waals surface area (Å²) in [6.07, 6.45) is 5.02. The minimum absolute atomic E-state index is 0.0541. The van der Waals surface area contributed by atoms with E-state index in [4.69, 9.17) is 14.2 Å². The van der Waals surface area contributed by atoms with Crippen molar-refractivity contribution in [2.45, 2.75) is 38.4 Å². The molecule has 0 N–H and O–H groups in total. The summed E-state index contributed by atoms with van der Waals surface area (Å²) in [6, 6.07) is 24.4. The Hall–Kier alpha value is -3.80. The van der Waals surface area contributed by atoms with Gasteiger partial charge in [-0.3, -0.25) is 9.59 Å². The van der Waals surface area contributed by atoms with Gasteiger partial charge in [0.1, 0.15) is 11.5 Å². The highest BCUT2D eigenvalue weighted by molar-refractivity contribution is 6.30. The highest BCUT2D eigenvalue weighted by atomic mass is 16.7. The first-order valence-corrected chi connectivity index (χ1v) is 12.9. The van der Waals surface area contributed by atoms with Gasteiger partial charge in [0.05, 0.1) is 12.2 Å². The monoisotopic (exact) mass is 492 g/mol. The second-order valence-electron chi connectivity index (χ2n) is 9.60. The number of carbonyl (C=O) groups is 2. The number of carbonyl (C=O) groups excluding carboxylic acids is 2. The minimum Gasteiger partial charge on any atom is -0.457 e. The zero-order valence-corrected chi connectivity index (χ0v) is 20.6. The molecule has 1 fully saturated rings. The first kappa shape index (κ1) is 23.6. The van der Waals surface area contributed by atoms with E-state index in [1.807, 2.05) is 60.7 Å². The molecule has 4 aromatic carbocycles. The van der Waals surface area contributed by atoms with E-state index in [0.717, 1.165) is 43.1 Å². The molecule has 186 valence electrons. The Bertz CT molecular complexity index is 1460. The third-order valence-corrected chi connectivity index (χ3v) is 7.08. The fourth-order valence-electron chi connectivity index (χ4n) is 5.12. The van der Waals surface area contributed by atoms with E-state index >= 15 is 0 Å². The number of hydrogen-bond donors (Lipinski definition) is 0. The normalized spacial score (nSPS) is 16.9. The van der Waals surface area contributed by atoms with Gasteiger partial charge in [-0.25, -0.2) is 0 Å². The van der Waals surface area contributed by atoms with Gasteiger partial charge in [-0.2, -0.15) is 0 Å². The van der Waals surface area contributed by atoms with Crippen LogP contribution in [-0.4, -0.2) is 31.1 Å². The van der Waals surface area contributed by atoms with Crippen molar-refractivity contribution in [3.63, 3.8) is 0 Å². The summed E-state index contributed by atoms with van der Waals surface area (Å²) in [7, 11) is 0. The van der Waals surface area contributed by atoms with Gasteiger partial charge < -0.3 is 14.2 Å². The van der Waals surface area contributed by atoms with Gasteiger partial charge in [-0.05, 0) is 78.8 Å². The van der Waals surface area contributed by atoms with Crippen LogP contribution in [0.5, 0.6) is 11.5 Å². The highest BCUT2D eigenvalue weighted by Gasteiger charge is 2.32. The van der Waals surface area contributed by atoms with E-state index in [9.17, 15) is 9.59 Å². The largest absolute Gasteiger partial charge is 0.457 e. The number of ether oxygens (including phenoxy) is 3. The van der Waals surface area contributed by atoms with Crippen molar-refractivity contribution >= 4 is 22.3 Å². The van der Waals surface area contributed by atoms with Crippen LogP contribution < -0.4 is 4.74 Å². The Labute approximate surface area is 216 Å². The molecule has 1 heterocycles. The molecule has 0 saturated carbocycles. The molecule has 5 heteroatoms. The lowest BCUT2D eigenvalue weighted by Crippen LogP contribution is -2.22. The molecule has 1 saturated heterocycles. The van der Waals surface area contributed by atoms with E-state index in [1.165, 1.54) is 12.0 Å². The van der Waals surface area contributed by atoms with Crippen LogP contribution in [0.3, 0.4) is 0 Å². The Balaban J connectivity index is 1.17. The third kappa shape index (κ3) is 4.80. The van der Waals surface area contributed by atoms with Crippen molar-refractivity contribution in [1.29, 1.82) is 0 Å². The summed E-state index contributed by atoms with van der Waals surface area (Å²) in [5, 5.41) is 1.86. The van der Waals surface area contributed by atoms with Crippen molar-refractivity contribution < 1.29 is 23.8 Å². The van der Waals surface area contributed by atoms with Crippen LogP contribution in [0.25, 0.3) is 10.8 Å². The standard InChI is InChI=1S/C32H28O5/c33-31-25-10-5-11-28(30(25)32(34)27-20-23-9-2-1-8-22(23)19-26(27)31)37-24-15-13-21(14-16-24)7-6-18-36-29-12-3-4-17-35-29/h1-2,5,8-11,13-16,19-20,29H,3-4,6-7,12,17-18H2. The number of rotatable bonds is 7. The summed E-state index contributed by atoms with van der Waals surface area (Å²) in [6.45, 7) is 1.46. The SMILES string of the molecule is O=C1c2cc3ccccc3cc2C(=O)c2c(Oc3ccc(CCCOC4CCCCO4)cc3)cccc21. The molecule has 1 unspecified atom stereocenters. The lowest BCUT2D eigenvalue weighted by atomic mass is 9.82. The van der Waals surface area contributed by atoms with Gasteiger partial charge in [-0.1, -0.05) is 48.5 Å². The van der Waals surface area contributed by atoms with Crippen molar-refractivity contribution in [3.8, 4) is 11.5 Å². The Morgan fingerprint density at radius 1 is 0.784 bits per heavy atom. The molecule has 0 aromatic heterocycles. The average molecular weight is 493 g/mol. The molecule has 1 atom stereocenters. The van der Waals surface area contributed by atoms with Gasteiger partial charge in [0.25, 0.3) is 0 Å². The highest BCUT2D eigenvalue weighted by Crippen LogP contribution is 2.37. The fourth-order valence-corrected chi connectivity index (χ4v) is 5.12. The zero-order valence-electron chi connectivity index (χ0n) is 20.6. The first-order valence-electron chi connectivity index (χ1n) is 12.9. The Morgan fingerprint density at radius 3 is 2.27 bits per heavy atom. The Morgan fingerprint density at radius 2 is 1.54 bits per heavy atom. The molecule has 0 spiro atoms. The molecule has 37 heavy (non-hydrogen) atoms. The summed E-state index contributed by atoms with van der Waals surface area (Å²) in [4.78, 5) is 26.9. The van der Waals surface area contributed by atoms with Crippen LogP contribution in [-0.2, 0) is 15.9 Å². The van der Waals surface area contributed by atoms with E-state index in [0.29, 0.717) is 40.4 Å². The quantitative estimate of drug-likeness (QED) is 0.232. The van der Waals surface area contributed by atoms with Crippen molar-refractivity contribution in [2.75, 3.05) is 13.2 Å². The molecule has 5 nitrogen and oxygen atoms in total. The molecule has 1 aliphatic carbocycles. The van der Waals surface area contributed by atoms with Crippen molar-refractivity contribution in [1.82, 2.24) is 0 Å². The van der Waals surface area contributed by atoms with Gasteiger partial charge >= 0.3 is 0 Å². The van der Waals surface area contributed by atoms with Crippen LogP contribution in [0.15, 0.2) is 78.9 Å². The van der Waals surface area contributed by atoms with Gasteiger partial charge in [0, 0.05) is 23.3 Å². The second kappa shape index (κ2) is 10.3. The molecular weight excluding hydrogens is 464 g/mol. The zero-order chi connectivity index (χ0) is 25.2. The number of hydrogen-bond acceptors (Lipinski definition) is 5. The third-order valence-electron chi connectivity index (χ3n) is 7.08. The van der Waals surface area contributed by atoms with Crippen molar-refractivity contribution in [3.05, 3.63) is 107 Å². The summed E-state index contributed by atoms with van der Waals surface area (Å²) < 4.78 is 17.6. The molecular formula is C32H28O5. The summed E-state index contributed by atoms with van der Waals surface area (Å²) in [5.74, 6) is 0.665. The average Bonchev–Trinajstić information content (AvgIpc) is 2.94. The maximum Gasteiger partial charge on any atom is 0.198 e. The topological polar surface area (TPSA) is 61.8 Å². The van der Waals surface area contributed by atoms with Crippen LogP contribution >= 0.6 is 0 Å². The van der Waals surface area contributed by atoms with Gasteiger partial charge in [0.15, 0.2) is 17.9 Å². The molecule has 0 bridgehead atoms. The number of aryl methyl sites for hydroxylation is 1. The minimum atomic E-state index is -0.190. The molecule has 0 amide bonds. The lowest BCUT2D eigenvalue weighted by Gasteiger charge is -2.22. The molecule has 2 aliphatic rings. The number of fused-ring (bicyclic) bond motifs is 3. The summed E-state index contributed by atoms with van der Waals surface area (Å²) >= 11 is 0. The predicted octanol–water partition coefficient (Wildman–Crippen LogP) is 6.88. The van der Waals surface area contributed by atoms with E-state index in [2.05, 4.69) is 0 Å². The smallest absolute Gasteiger partial charge is 0.198 e. The second-order valence-corrected chi connectivity index (χ2v) is 9.60. The van der Waals surface area contributed by atoms with Crippen LogP contribution in [0, 0.1) is 0 Å². The number of ketones is 2. The molecule has 4 aromatic rings. The van der Waals surface area contributed by atoms with Crippen molar-refractivity contribution in [2.24, 2.45) is 0 Å². The van der Waals surface area contributed by atoms with Gasteiger partial charge in [-0.15, -0.1) is 0 Å². The molecule has 0 radical (unpaired) electrons. The fraction of sp³-hybridized carbons (Fsp3) is 0.250. The Kier molecular flexibility index (Phi) is 6.56. The summed E-state index contributed by atoms with van der Waals surface area (Å²) in [5.41, 5.74) is 2.74. The first-order chi connectivity index (χ1) is 18.2. The van der Waals surface area contributed by atoms with E-state index in [-0.39, 0.29) is 17.9 Å².